The number of carbonyl (C=O) groups excluding carboxylic acids is 1. The highest BCUT2D eigenvalue weighted by Gasteiger charge is 2.25. The van der Waals surface area contributed by atoms with E-state index < -0.39 is 18.3 Å². The molecule has 1 fully saturated rings. The zero-order valence-electron chi connectivity index (χ0n) is 22.4. The molecule has 2 atom stereocenters. The molecule has 0 heterocycles. The lowest BCUT2D eigenvalue weighted by molar-refractivity contribution is 0.0730. The predicted octanol–water partition coefficient (Wildman–Crippen LogP) is 10.1. The Morgan fingerprint density at radius 3 is 2.11 bits per heavy atom. The van der Waals surface area contributed by atoms with Gasteiger partial charge in [-0.3, -0.25) is 0 Å². The van der Waals surface area contributed by atoms with Crippen molar-refractivity contribution in [1.29, 1.82) is 0 Å². The molecule has 0 radical (unpaired) electrons. The minimum Gasteiger partial charge on any atom is -0.423 e. The van der Waals surface area contributed by atoms with Crippen LogP contribution in [0, 0.1) is 11.8 Å². The first-order valence-corrected chi connectivity index (χ1v) is 14.2. The first kappa shape index (κ1) is 28.3. The lowest BCUT2D eigenvalue weighted by atomic mass is 9.78. The van der Waals surface area contributed by atoms with Gasteiger partial charge in [0.1, 0.15) is 18.1 Å². The third-order valence-corrected chi connectivity index (χ3v) is 7.88. The van der Waals surface area contributed by atoms with E-state index in [9.17, 15) is 13.6 Å². The summed E-state index contributed by atoms with van der Waals surface area (Å²) in [6.45, 7) is 5.68. The Labute approximate surface area is 216 Å². The number of aryl methyl sites for hydroxylation is 1. The summed E-state index contributed by atoms with van der Waals surface area (Å²) in [7, 11) is 0. The molecule has 1 aliphatic rings. The maximum absolute atomic E-state index is 14.8. The number of alkyl halides is 2. The molecule has 0 spiro atoms. The van der Waals surface area contributed by atoms with Crippen LogP contribution in [0.5, 0.6) is 5.75 Å². The van der Waals surface area contributed by atoms with E-state index in [1.165, 1.54) is 63.4 Å². The van der Waals surface area contributed by atoms with Gasteiger partial charge in [0.25, 0.3) is 0 Å². The second kappa shape index (κ2) is 14.5. The van der Waals surface area contributed by atoms with Gasteiger partial charge in [0.15, 0.2) is 0 Å². The molecule has 1 saturated carbocycles. The molecule has 4 heteroatoms. The van der Waals surface area contributed by atoms with Crippen molar-refractivity contribution in [2.24, 2.45) is 11.8 Å². The summed E-state index contributed by atoms with van der Waals surface area (Å²) in [5.41, 5.74) is 2.06. The van der Waals surface area contributed by atoms with Crippen molar-refractivity contribution in [2.75, 3.05) is 0 Å². The first-order valence-electron chi connectivity index (χ1n) is 14.2. The topological polar surface area (TPSA) is 26.3 Å². The van der Waals surface area contributed by atoms with E-state index in [0.717, 1.165) is 18.3 Å². The zero-order chi connectivity index (χ0) is 25.9. The van der Waals surface area contributed by atoms with Gasteiger partial charge < -0.3 is 4.74 Å². The van der Waals surface area contributed by atoms with Gasteiger partial charge in [-0.05, 0) is 66.8 Å². The van der Waals surface area contributed by atoms with Gasteiger partial charge in [-0.15, -0.1) is 0 Å². The molecule has 0 bridgehead atoms. The molecule has 0 amide bonds. The van der Waals surface area contributed by atoms with Gasteiger partial charge >= 0.3 is 5.97 Å². The normalized spacial score (nSPS) is 19.6. The fourth-order valence-electron chi connectivity index (χ4n) is 5.51. The van der Waals surface area contributed by atoms with Crippen LogP contribution >= 0.6 is 0 Å². The summed E-state index contributed by atoms with van der Waals surface area (Å²) in [5.74, 6) is 1.30. The molecule has 2 unspecified atom stereocenters. The molecule has 198 valence electrons. The van der Waals surface area contributed by atoms with Crippen LogP contribution in [-0.4, -0.2) is 5.97 Å². The molecular formula is C32H44F2O2. The highest BCUT2D eigenvalue weighted by Crippen LogP contribution is 2.39. The van der Waals surface area contributed by atoms with E-state index in [4.69, 9.17) is 4.74 Å². The van der Waals surface area contributed by atoms with E-state index >= 15 is 0 Å². The largest absolute Gasteiger partial charge is 0.423 e. The molecule has 36 heavy (non-hydrogen) atoms. The minimum absolute atomic E-state index is 0.109. The number of rotatable bonds is 13. The number of unbranched alkanes of at least 4 members (excludes halogenated alkanes) is 2. The standard InChI is InChI=1S/C32H44F2O2/c1-4-7-8-10-23-13-15-24(16-14-23)17-18-25-19-21-26(22-20-25)32(35)36-30-12-9-11-27(28(33)5-2)31(30)29(34)6-3/h9,11-12,19-24,28-29H,4-8,10,13-18H2,1-3H3/t23-,24-,28?,29?. The molecule has 2 aromatic carbocycles. The van der Waals surface area contributed by atoms with Gasteiger partial charge in [0, 0.05) is 5.56 Å². The van der Waals surface area contributed by atoms with Crippen LogP contribution in [-0.2, 0) is 6.42 Å². The zero-order valence-corrected chi connectivity index (χ0v) is 22.4. The van der Waals surface area contributed by atoms with Crippen molar-refractivity contribution in [3.63, 3.8) is 0 Å². The number of hydrogen-bond acceptors (Lipinski definition) is 2. The SMILES string of the molecule is CCCCC[C@H]1CC[C@H](CCc2ccc(C(=O)Oc3cccc(C(F)CC)c3C(F)CC)cc2)CC1. The van der Waals surface area contributed by atoms with E-state index in [1.54, 1.807) is 44.2 Å². The predicted molar refractivity (Wildman–Crippen MR) is 144 cm³/mol. The fraction of sp³-hybridized carbons (Fsp3) is 0.594. The minimum atomic E-state index is -1.39. The second-order valence-electron chi connectivity index (χ2n) is 10.5. The molecule has 3 rings (SSSR count). The molecule has 1 aliphatic carbocycles. The average molecular weight is 499 g/mol. The first-order chi connectivity index (χ1) is 17.5. The Kier molecular flexibility index (Phi) is 11.4. The van der Waals surface area contributed by atoms with Crippen LogP contribution in [0.4, 0.5) is 8.78 Å². The summed E-state index contributed by atoms with van der Waals surface area (Å²) >= 11 is 0. The Balaban J connectivity index is 1.55. The van der Waals surface area contributed by atoms with Crippen molar-refractivity contribution in [3.8, 4) is 5.75 Å². The molecule has 0 aromatic heterocycles. The van der Waals surface area contributed by atoms with E-state index in [2.05, 4.69) is 6.92 Å². The van der Waals surface area contributed by atoms with Crippen LogP contribution in [0.15, 0.2) is 42.5 Å². The Hall–Kier alpha value is -2.23. The summed E-state index contributed by atoms with van der Waals surface area (Å²) < 4.78 is 34.8. The molecule has 0 N–H and O–H groups in total. The fourth-order valence-corrected chi connectivity index (χ4v) is 5.51. The van der Waals surface area contributed by atoms with Crippen LogP contribution in [0.25, 0.3) is 0 Å². The van der Waals surface area contributed by atoms with Crippen molar-refractivity contribution < 1.29 is 18.3 Å². The monoisotopic (exact) mass is 498 g/mol. The van der Waals surface area contributed by atoms with Crippen molar-refractivity contribution in [1.82, 2.24) is 0 Å². The summed E-state index contributed by atoms with van der Waals surface area (Å²) in [6.07, 6.45) is 10.8. The average Bonchev–Trinajstić information content (AvgIpc) is 2.92. The molecular weight excluding hydrogens is 454 g/mol. The third-order valence-electron chi connectivity index (χ3n) is 7.88. The number of ether oxygens (including phenoxy) is 1. The van der Waals surface area contributed by atoms with Crippen LogP contribution < -0.4 is 4.74 Å². The number of carbonyl (C=O) groups is 1. The highest BCUT2D eigenvalue weighted by molar-refractivity contribution is 5.91. The lowest BCUT2D eigenvalue weighted by Gasteiger charge is -2.28. The molecule has 0 aliphatic heterocycles. The quantitative estimate of drug-likeness (QED) is 0.156. The van der Waals surface area contributed by atoms with Crippen molar-refractivity contribution in [2.45, 2.75) is 110 Å². The smallest absolute Gasteiger partial charge is 0.343 e. The van der Waals surface area contributed by atoms with E-state index in [-0.39, 0.29) is 29.7 Å². The molecule has 2 aromatic rings. The summed E-state index contributed by atoms with van der Waals surface area (Å²) in [4.78, 5) is 12.8. The van der Waals surface area contributed by atoms with Crippen molar-refractivity contribution in [3.05, 3.63) is 64.7 Å². The third kappa shape index (κ3) is 7.88. The van der Waals surface area contributed by atoms with Gasteiger partial charge in [-0.25, -0.2) is 13.6 Å². The Morgan fingerprint density at radius 1 is 0.861 bits per heavy atom. The summed E-state index contributed by atoms with van der Waals surface area (Å²) in [6, 6.07) is 12.3. The van der Waals surface area contributed by atoms with Gasteiger partial charge in [0.2, 0.25) is 0 Å². The maximum Gasteiger partial charge on any atom is 0.343 e. The highest BCUT2D eigenvalue weighted by atomic mass is 19.1. The van der Waals surface area contributed by atoms with Gasteiger partial charge in [-0.1, -0.05) is 96.4 Å². The number of esters is 1. The van der Waals surface area contributed by atoms with Crippen LogP contribution in [0.2, 0.25) is 0 Å². The molecule has 2 nitrogen and oxygen atoms in total. The van der Waals surface area contributed by atoms with Crippen LogP contribution in [0.1, 0.15) is 131 Å². The van der Waals surface area contributed by atoms with Crippen LogP contribution in [0.3, 0.4) is 0 Å². The molecule has 0 saturated heterocycles. The van der Waals surface area contributed by atoms with Gasteiger partial charge in [-0.2, -0.15) is 0 Å². The Bertz CT molecular complexity index is 932. The lowest BCUT2D eigenvalue weighted by Crippen LogP contribution is -2.15. The maximum atomic E-state index is 14.8. The summed E-state index contributed by atoms with van der Waals surface area (Å²) in [5, 5.41) is 0. The number of hydrogen-bond donors (Lipinski definition) is 0. The second-order valence-corrected chi connectivity index (χ2v) is 10.5. The van der Waals surface area contributed by atoms with Crippen molar-refractivity contribution >= 4 is 5.97 Å². The number of halogens is 2. The number of benzene rings is 2. The van der Waals surface area contributed by atoms with Gasteiger partial charge in [0.05, 0.1) is 5.56 Å². The van der Waals surface area contributed by atoms with E-state index in [1.807, 2.05) is 12.1 Å². The Morgan fingerprint density at radius 2 is 1.50 bits per heavy atom. The van der Waals surface area contributed by atoms with E-state index in [0.29, 0.717) is 5.56 Å².